The number of nitrogens with one attached hydrogen (secondary N) is 1. The molecule has 1 fully saturated rings. The van der Waals surface area contributed by atoms with Crippen molar-refractivity contribution in [1.82, 2.24) is 15.1 Å². The number of halogens is 1. The Labute approximate surface area is 142 Å². The number of rotatable bonds is 7. The van der Waals surface area contributed by atoms with Crippen molar-refractivity contribution in [3.8, 4) is 0 Å². The molecule has 0 bridgehead atoms. The third-order valence-electron chi connectivity index (χ3n) is 4.40. The van der Waals surface area contributed by atoms with Gasteiger partial charge in [-0.05, 0) is 37.1 Å². The number of nitrogens with zero attached hydrogens (tertiary/aromatic N) is 2. The molecular weight excluding hydrogens is 305 g/mol. The summed E-state index contributed by atoms with van der Waals surface area (Å²) in [6.45, 7) is 5.46. The number of hydrogen-bond acceptors (Lipinski definition) is 3. The highest BCUT2D eigenvalue weighted by Crippen LogP contribution is 2.33. The van der Waals surface area contributed by atoms with Gasteiger partial charge in [-0.15, -0.1) is 0 Å². The number of hydrogen-bond donors (Lipinski definition) is 1. The van der Waals surface area contributed by atoms with Crippen molar-refractivity contribution in [2.24, 2.45) is 5.92 Å². The Kier molecular flexibility index (Phi) is 5.77. The second-order valence-corrected chi connectivity index (χ2v) is 6.02. The fourth-order valence-electron chi connectivity index (χ4n) is 3.14. The minimum absolute atomic E-state index is 0.126. The Hall–Kier alpha value is -1.98. The zero-order chi connectivity index (χ0) is 16.8. The summed E-state index contributed by atoms with van der Waals surface area (Å²) in [4.78, 5) is 0. The predicted octanol–water partition coefficient (Wildman–Crippen LogP) is 3.42. The molecular formula is C19H24FN3O. The van der Waals surface area contributed by atoms with Gasteiger partial charge in [0, 0.05) is 38.4 Å². The Morgan fingerprint density at radius 1 is 1.33 bits per heavy atom. The van der Waals surface area contributed by atoms with Gasteiger partial charge in [-0.25, -0.2) is 4.39 Å². The van der Waals surface area contributed by atoms with Crippen LogP contribution in [0.3, 0.4) is 0 Å². The standard InChI is InChI=1S/C19H24FN3O/c1-2-23-18(9-12-22-23)19-16(10-13-24-19)14-21-11-3-4-15-5-7-17(20)8-6-15/h3-9,12,16,19,21H,2,10-11,13-14H2,1H3/b4-3+/t16-,19+/m0/s1. The van der Waals surface area contributed by atoms with E-state index in [1.165, 1.54) is 17.8 Å². The van der Waals surface area contributed by atoms with Crippen molar-refractivity contribution in [3.63, 3.8) is 0 Å². The van der Waals surface area contributed by atoms with Crippen LogP contribution in [-0.2, 0) is 11.3 Å². The average molecular weight is 329 g/mol. The van der Waals surface area contributed by atoms with Crippen LogP contribution in [0.1, 0.15) is 30.7 Å². The van der Waals surface area contributed by atoms with Crippen LogP contribution in [0.25, 0.3) is 6.08 Å². The van der Waals surface area contributed by atoms with Crippen LogP contribution in [0.5, 0.6) is 0 Å². The maximum absolute atomic E-state index is 12.9. The molecule has 2 heterocycles. The molecule has 1 aromatic carbocycles. The molecule has 0 aliphatic carbocycles. The van der Waals surface area contributed by atoms with E-state index in [1.807, 2.05) is 17.0 Å². The third-order valence-corrected chi connectivity index (χ3v) is 4.40. The Morgan fingerprint density at radius 3 is 2.96 bits per heavy atom. The number of aromatic nitrogens is 2. The Bertz CT molecular complexity index is 666. The zero-order valence-corrected chi connectivity index (χ0v) is 14.0. The first-order chi connectivity index (χ1) is 11.8. The highest BCUT2D eigenvalue weighted by atomic mass is 19.1. The molecule has 0 saturated carbocycles. The molecule has 3 rings (SSSR count). The summed E-state index contributed by atoms with van der Waals surface area (Å²) in [7, 11) is 0. The van der Waals surface area contributed by atoms with Crippen LogP contribution in [0, 0.1) is 11.7 Å². The maximum Gasteiger partial charge on any atom is 0.123 e. The van der Waals surface area contributed by atoms with Crippen molar-refractivity contribution >= 4 is 6.08 Å². The van der Waals surface area contributed by atoms with E-state index in [4.69, 9.17) is 4.74 Å². The molecule has 1 N–H and O–H groups in total. The van der Waals surface area contributed by atoms with Crippen LogP contribution < -0.4 is 5.32 Å². The van der Waals surface area contributed by atoms with E-state index in [9.17, 15) is 4.39 Å². The van der Waals surface area contributed by atoms with E-state index in [0.29, 0.717) is 5.92 Å². The van der Waals surface area contributed by atoms with E-state index in [2.05, 4.69) is 29.5 Å². The summed E-state index contributed by atoms with van der Waals surface area (Å²) < 4.78 is 20.8. The fourth-order valence-corrected chi connectivity index (χ4v) is 3.14. The van der Waals surface area contributed by atoms with Crippen molar-refractivity contribution in [3.05, 3.63) is 59.7 Å². The molecule has 0 spiro atoms. The van der Waals surface area contributed by atoms with Gasteiger partial charge in [-0.3, -0.25) is 4.68 Å². The fraction of sp³-hybridized carbons (Fsp3) is 0.421. The van der Waals surface area contributed by atoms with Gasteiger partial charge in [0.2, 0.25) is 0 Å². The Balaban J connectivity index is 1.48. The number of benzene rings is 1. The molecule has 24 heavy (non-hydrogen) atoms. The van der Waals surface area contributed by atoms with Crippen molar-refractivity contribution < 1.29 is 9.13 Å². The molecule has 4 nitrogen and oxygen atoms in total. The van der Waals surface area contributed by atoms with E-state index >= 15 is 0 Å². The van der Waals surface area contributed by atoms with Gasteiger partial charge >= 0.3 is 0 Å². The topological polar surface area (TPSA) is 39.1 Å². The highest BCUT2D eigenvalue weighted by molar-refractivity contribution is 5.48. The minimum atomic E-state index is -0.205. The quantitative estimate of drug-likeness (QED) is 0.791. The molecule has 0 radical (unpaired) electrons. The van der Waals surface area contributed by atoms with Crippen molar-refractivity contribution in [1.29, 1.82) is 0 Å². The van der Waals surface area contributed by atoms with Gasteiger partial charge in [-0.1, -0.05) is 24.3 Å². The van der Waals surface area contributed by atoms with Crippen molar-refractivity contribution in [2.75, 3.05) is 19.7 Å². The summed E-state index contributed by atoms with van der Waals surface area (Å²) in [5.41, 5.74) is 2.18. The van der Waals surface area contributed by atoms with Crippen molar-refractivity contribution in [2.45, 2.75) is 26.0 Å². The molecule has 0 unspecified atom stereocenters. The predicted molar refractivity (Wildman–Crippen MR) is 93.0 cm³/mol. The molecule has 1 aromatic heterocycles. The van der Waals surface area contributed by atoms with Gasteiger partial charge in [0.1, 0.15) is 11.9 Å². The first-order valence-corrected chi connectivity index (χ1v) is 8.54. The highest BCUT2D eigenvalue weighted by Gasteiger charge is 2.31. The molecule has 128 valence electrons. The van der Waals surface area contributed by atoms with Gasteiger partial charge in [0.25, 0.3) is 0 Å². The second kappa shape index (κ2) is 8.22. The van der Waals surface area contributed by atoms with Crippen LogP contribution in [0.15, 0.2) is 42.6 Å². The SMILES string of the molecule is CCn1nccc1[C@@H]1OCC[C@H]1CNC/C=C/c1ccc(F)cc1. The zero-order valence-electron chi connectivity index (χ0n) is 14.0. The molecule has 2 atom stereocenters. The van der Waals surface area contributed by atoms with Crippen LogP contribution >= 0.6 is 0 Å². The lowest BCUT2D eigenvalue weighted by Crippen LogP contribution is -2.26. The Morgan fingerprint density at radius 2 is 2.17 bits per heavy atom. The largest absolute Gasteiger partial charge is 0.372 e. The lowest BCUT2D eigenvalue weighted by atomic mass is 9.99. The molecule has 5 heteroatoms. The van der Waals surface area contributed by atoms with E-state index < -0.39 is 0 Å². The van der Waals surface area contributed by atoms with Crippen LogP contribution in [-0.4, -0.2) is 29.5 Å². The summed E-state index contributed by atoms with van der Waals surface area (Å²) in [6, 6.07) is 8.56. The average Bonchev–Trinajstić information content (AvgIpc) is 3.24. The first kappa shape index (κ1) is 16.9. The van der Waals surface area contributed by atoms with Gasteiger partial charge in [-0.2, -0.15) is 5.10 Å². The molecule has 1 aliphatic heterocycles. The minimum Gasteiger partial charge on any atom is -0.372 e. The molecule has 1 aliphatic rings. The second-order valence-electron chi connectivity index (χ2n) is 6.02. The normalized spacial score (nSPS) is 20.9. The number of ether oxygens (including phenoxy) is 1. The lowest BCUT2D eigenvalue weighted by molar-refractivity contribution is 0.0833. The smallest absolute Gasteiger partial charge is 0.123 e. The molecule has 0 amide bonds. The molecule has 2 aromatic rings. The summed E-state index contributed by atoms with van der Waals surface area (Å²) in [5.74, 6) is 0.259. The monoisotopic (exact) mass is 329 g/mol. The van der Waals surface area contributed by atoms with Gasteiger partial charge in [0.15, 0.2) is 0 Å². The van der Waals surface area contributed by atoms with Gasteiger partial charge < -0.3 is 10.1 Å². The van der Waals surface area contributed by atoms with Crippen LogP contribution in [0.2, 0.25) is 0 Å². The van der Waals surface area contributed by atoms with Gasteiger partial charge in [0.05, 0.1) is 5.69 Å². The van der Waals surface area contributed by atoms with E-state index in [0.717, 1.165) is 38.2 Å². The van der Waals surface area contributed by atoms with E-state index in [1.54, 1.807) is 12.1 Å². The summed E-state index contributed by atoms with van der Waals surface area (Å²) >= 11 is 0. The van der Waals surface area contributed by atoms with E-state index in [-0.39, 0.29) is 11.9 Å². The third kappa shape index (κ3) is 4.10. The first-order valence-electron chi connectivity index (χ1n) is 8.54. The summed E-state index contributed by atoms with van der Waals surface area (Å²) in [6.07, 6.45) is 7.10. The lowest BCUT2D eigenvalue weighted by Gasteiger charge is -2.19. The summed E-state index contributed by atoms with van der Waals surface area (Å²) in [5, 5.41) is 7.81. The number of aryl methyl sites for hydroxylation is 1. The maximum atomic E-state index is 12.9. The van der Waals surface area contributed by atoms with Crippen LogP contribution in [0.4, 0.5) is 4.39 Å². The molecule has 1 saturated heterocycles.